The lowest BCUT2D eigenvalue weighted by molar-refractivity contribution is 0.473. The zero-order valence-electron chi connectivity index (χ0n) is 24.4. The summed E-state index contributed by atoms with van der Waals surface area (Å²) < 4.78 is 83.0. The fraction of sp³-hybridized carbons (Fsp3) is 0.214. The van der Waals surface area contributed by atoms with Gasteiger partial charge in [-0.15, -0.1) is 20.5 Å². The van der Waals surface area contributed by atoms with E-state index in [4.69, 9.17) is 0 Å². The van der Waals surface area contributed by atoms with Crippen LogP contribution < -0.4 is 5.32 Å². The highest BCUT2D eigenvalue weighted by Gasteiger charge is 2.22. The Morgan fingerprint density at radius 2 is 1.29 bits per heavy atom. The molecule has 0 atom stereocenters. The van der Waals surface area contributed by atoms with Crippen molar-refractivity contribution in [2.45, 2.75) is 35.5 Å². The summed E-state index contributed by atoms with van der Waals surface area (Å²) in [5.74, 6) is -1.17. The first-order valence-corrected chi connectivity index (χ1v) is 18.0. The summed E-state index contributed by atoms with van der Waals surface area (Å²) in [6.07, 6.45) is 0. The minimum absolute atomic E-state index is 0.00582. The Labute approximate surface area is 259 Å². The molecule has 17 heteroatoms. The van der Waals surface area contributed by atoms with Crippen LogP contribution in [0.25, 0.3) is 10.8 Å². The van der Waals surface area contributed by atoms with E-state index < -0.39 is 40.4 Å². The smallest absolute Gasteiger partial charge is 0.296 e. The first-order chi connectivity index (χ1) is 21.0. The van der Waals surface area contributed by atoms with Crippen molar-refractivity contribution in [1.82, 2.24) is 0 Å². The van der Waals surface area contributed by atoms with Gasteiger partial charge in [-0.1, -0.05) is 13.8 Å². The number of nitrogens with zero attached hydrogens (tertiary/aromatic N) is 4. The van der Waals surface area contributed by atoms with Gasteiger partial charge in [0.15, 0.2) is 25.4 Å². The number of phenolic OH excluding ortho intramolecular Hbond substituents is 2. The standard InChI is InChI=1S/C28H29N5O9S3/c1-5-43(36,37)17-7-10-20(26(14-17)45(40,41)42)30-33-27-18-8-12-22(28(35)19(18)9-11-21(27)29-4)31-32-23-13-16(3)25(15-24(23)34)44(38,39)6-2/h7-15,29,34-35H,5-6H2,1-4H3,(H,40,41,42)/b32-31+,33-30+. The van der Waals surface area contributed by atoms with E-state index >= 15 is 0 Å². The van der Waals surface area contributed by atoms with Gasteiger partial charge >= 0.3 is 0 Å². The Hall–Kier alpha value is -4.45. The van der Waals surface area contributed by atoms with Crippen LogP contribution in [0, 0.1) is 6.92 Å². The zero-order valence-corrected chi connectivity index (χ0v) is 26.9. The van der Waals surface area contributed by atoms with Crippen LogP contribution in [0.15, 0.2) is 89.7 Å². The molecule has 0 heterocycles. The Morgan fingerprint density at radius 3 is 1.91 bits per heavy atom. The van der Waals surface area contributed by atoms with Crippen molar-refractivity contribution in [3.8, 4) is 11.5 Å². The van der Waals surface area contributed by atoms with E-state index in [1.54, 1.807) is 32.2 Å². The molecule has 4 aromatic rings. The number of hydrogen-bond acceptors (Lipinski definition) is 13. The van der Waals surface area contributed by atoms with Crippen molar-refractivity contribution in [3.63, 3.8) is 0 Å². The fourth-order valence-electron chi connectivity index (χ4n) is 4.34. The van der Waals surface area contributed by atoms with E-state index in [2.05, 4.69) is 25.8 Å². The van der Waals surface area contributed by atoms with Gasteiger partial charge in [0, 0.05) is 23.9 Å². The molecule has 0 saturated carbocycles. The molecule has 4 rings (SSSR count). The molecule has 45 heavy (non-hydrogen) atoms. The molecule has 0 spiro atoms. The van der Waals surface area contributed by atoms with Gasteiger partial charge in [0.05, 0.1) is 27.0 Å². The summed E-state index contributed by atoms with van der Waals surface area (Å²) in [5, 5.41) is 41.1. The number of aromatic hydroxyl groups is 2. The van der Waals surface area contributed by atoms with Gasteiger partial charge in [0.1, 0.15) is 33.4 Å². The van der Waals surface area contributed by atoms with Gasteiger partial charge in [-0.3, -0.25) is 4.55 Å². The summed E-state index contributed by atoms with van der Waals surface area (Å²) >= 11 is 0. The van der Waals surface area contributed by atoms with Crippen LogP contribution >= 0.6 is 0 Å². The van der Waals surface area contributed by atoms with E-state index in [0.29, 0.717) is 16.6 Å². The summed E-state index contributed by atoms with van der Waals surface area (Å²) in [7, 11) is -10.7. The molecule has 0 aromatic heterocycles. The number of azo groups is 2. The van der Waals surface area contributed by atoms with Crippen LogP contribution in [0.5, 0.6) is 11.5 Å². The van der Waals surface area contributed by atoms with Crippen LogP contribution in [-0.2, 0) is 29.8 Å². The van der Waals surface area contributed by atoms with Crippen LogP contribution in [0.1, 0.15) is 19.4 Å². The monoisotopic (exact) mass is 675 g/mol. The van der Waals surface area contributed by atoms with Crippen molar-refractivity contribution in [2.24, 2.45) is 20.5 Å². The van der Waals surface area contributed by atoms with Gasteiger partial charge < -0.3 is 15.5 Å². The molecule has 4 N–H and O–H groups in total. The first-order valence-electron chi connectivity index (χ1n) is 13.2. The maximum absolute atomic E-state index is 12.3. The lowest BCUT2D eigenvalue weighted by Gasteiger charge is -2.11. The van der Waals surface area contributed by atoms with E-state index in [9.17, 15) is 40.0 Å². The fourth-order valence-corrected chi connectivity index (χ4v) is 7.12. The summed E-state index contributed by atoms with van der Waals surface area (Å²) in [4.78, 5) is -1.09. The molecule has 0 aliphatic rings. The highest BCUT2D eigenvalue weighted by Crippen LogP contribution is 2.44. The van der Waals surface area contributed by atoms with E-state index in [1.807, 2.05) is 0 Å². The number of nitrogens with one attached hydrogen (secondary N) is 1. The normalized spacial score (nSPS) is 12.8. The lowest BCUT2D eigenvalue weighted by Crippen LogP contribution is -2.06. The number of benzene rings is 4. The molecule has 0 aliphatic heterocycles. The molecular formula is C28H29N5O9S3. The Balaban J connectivity index is 1.79. The molecule has 238 valence electrons. The van der Waals surface area contributed by atoms with Gasteiger partial charge in [0.25, 0.3) is 10.1 Å². The molecule has 14 nitrogen and oxygen atoms in total. The van der Waals surface area contributed by atoms with Crippen molar-refractivity contribution in [2.75, 3.05) is 23.9 Å². The maximum atomic E-state index is 12.3. The number of anilines is 1. The predicted octanol–water partition coefficient (Wildman–Crippen LogP) is 6.27. The largest absolute Gasteiger partial charge is 0.506 e. The number of hydrogen-bond donors (Lipinski definition) is 4. The SMILES string of the molecule is CCS(=O)(=O)c1ccc(/N=N/c2c(NC)ccc3c(O)c(/N=N/c4cc(C)c(S(=O)(=O)CC)cc4O)ccc23)c(S(=O)(=O)O)c1. The van der Waals surface area contributed by atoms with Gasteiger partial charge in [0.2, 0.25) is 0 Å². The summed E-state index contributed by atoms with van der Waals surface area (Å²) in [6, 6.07) is 11.6. The van der Waals surface area contributed by atoms with Crippen LogP contribution in [-0.4, -0.2) is 58.6 Å². The van der Waals surface area contributed by atoms with E-state index in [-0.39, 0.29) is 55.2 Å². The van der Waals surface area contributed by atoms with Crippen LogP contribution in [0.4, 0.5) is 28.4 Å². The summed E-state index contributed by atoms with van der Waals surface area (Å²) in [5.41, 5.74) is 0.622. The Morgan fingerprint density at radius 1 is 0.689 bits per heavy atom. The second-order valence-electron chi connectivity index (χ2n) is 9.66. The maximum Gasteiger partial charge on any atom is 0.296 e. The lowest BCUT2D eigenvalue weighted by atomic mass is 10.1. The molecule has 0 fully saturated rings. The number of aryl methyl sites for hydroxylation is 1. The zero-order chi connectivity index (χ0) is 33.3. The van der Waals surface area contributed by atoms with E-state index in [1.165, 1.54) is 26.0 Å². The summed E-state index contributed by atoms with van der Waals surface area (Å²) in [6.45, 7) is 4.44. The Kier molecular flexibility index (Phi) is 9.30. The quantitative estimate of drug-likeness (QED) is 0.109. The highest BCUT2D eigenvalue weighted by atomic mass is 32.2. The van der Waals surface area contributed by atoms with Gasteiger partial charge in [-0.25, -0.2) is 16.8 Å². The first kappa shape index (κ1) is 33.4. The second-order valence-corrected chi connectivity index (χ2v) is 15.6. The van der Waals surface area contributed by atoms with Gasteiger partial charge in [-0.2, -0.15) is 8.42 Å². The third kappa shape index (κ3) is 6.80. The molecule has 4 aromatic carbocycles. The van der Waals surface area contributed by atoms with Crippen LogP contribution in [0.2, 0.25) is 0 Å². The number of phenols is 2. The molecule has 0 saturated heterocycles. The minimum Gasteiger partial charge on any atom is -0.506 e. The number of rotatable bonds is 10. The number of fused-ring (bicyclic) bond motifs is 1. The molecule has 0 bridgehead atoms. The average Bonchev–Trinajstić information content (AvgIpc) is 3.00. The van der Waals surface area contributed by atoms with Crippen LogP contribution in [0.3, 0.4) is 0 Å². The predicted molar refractivity (Wildman–Crippen MR) is 168 cm³/mol. The third-order valence-electron chi connectivity index (χ3n) is 6.85. The molecule has 0 unspecified atom stereocenters. The topological polar surface area (TPSA) is 225 Å². The molecule has 0 aliphatic carbocycles. The van der Waals surface area contributed by atoms with Crippen molar-refractivity contribution in [3.05, 3.63) is 60.2 Å². The number of sulfone groups is 2. The van der Waals surface area contributed by atoms with Crippen molar-refractivity contribution >= 4 is 69.0 Å². The van der Waals surface area contributed by atoms with E-state index in [0.717, 1.165) is 24.3 Å². The Bertz CT molecular complexity index is 2220. The van der Waals surface area contributed by atoms with Crippen molar-refractivity contribution < 1.29 is 40.0 Å². The highest BCUT2D eigenvalue weighted by molar-refractivity contribution is 7.91. The average molecular weight is 676 g/mol. The molecule has 0 amide bonds. The van der Waals surface area contributed by atoms with Gasteiger partial charge in [-0.05, 0) is 61.0 Å². The molecular weight excluding hydrogens is 647 g/mol. The minimum atomic E-state index is -4.89. The molecule has 0 radical (unpaired) electrons. The second kappa shape index (κ2) is 12.5. The van der Waals surface area contributed by atoms with Crippen molar-refractivity contribution in [1.29, 1.82) is 0 Å². The third-order valence-corrected chi connectivity index (χ3v) is 11.3.